The summed E-state index contributed by atoms with van der Waals surface area (Å²) in [6.07, 6.45) is 2.76. The van der Waals surface area contributed by atoms with Crippen LogP contribution in [0, 0.1) is 0 Å². The quantitative estimate of drug-likeness (QED) is 0.784. The van der Waals surface area contributed by atoms with Gasteiger partial charge in [0, 0.05) is 13.2 Å². The largest absolute Gasteiger partial charge is 0.382 e. The van der Waals surface area contributed by atoms with E-state index in [1.54, 1.807) is 0 Å². The summed E-state index contributed by atoms with van der Waals surface area (Å²) in [5.41, 5.74) is 5.25. The number of nitrogen functional groups attached to an aromatic ring is 1. The first-order chi connectivity index (χ1) is 7.94. The number of carbonyl (C=O) groups is 1. The van der Waals surface area contributed by atoms with Crippen LogP contribution in [-0.2, 0) is 4.74 Å². The number of anilines is 1. The number of carbonyl (C=O) groups excluding carboxylic acids is 1. The molecule has 0 aliphatic rings. The molecule has 1 aromatic heterocycles. The first-order valence-electron chi connectivity index (χ1n) is 5.44. The summed E-state index contributed by atoms with van der Waals surface area (Å²) >= 11 is 0. The van der Waals surface area contributed by atoms with Crippen LogP contribution in [0.5, 0.6) is 0 Å². The van der Waals surface area contributed by atoms with Crippen molar-refractivity contribution in [1.29, 1.82) is 0 Å². The van der Waals surface area contributed by atoms with Crippen molar-refractivity contribution < 1.29 is 9.53 Å². The van der Waals surface area contributed by atoms with Gasteiger partial charge in [-0.15, -0.1) is 0 Å². The predicted octanol–water partition coefficient (Wildman–Crippen LogP) is 0.604. The molecule has 0 aliphatic heterocycles. The first kappa shape index (κ1) is 13.4. The fraction of sp³-hybridized carbons (Fsp3) is 0.545. The maximum Gasteiger partial charge on any atom is 0.271 e. The van der Waals surface area contributed by atoms with Gasteiger partial charge in [-0.1, -0.05) is 0 Å². The van der Waals surface area contributed by atoms with E-state index in [0.717, 1.165) is 0 Å². The van der Waals surface area contributed by atoms with Crippen LogP contribution in [0.3, 0.4) is 0 Å². The van der Waals surface area contributed by atoms with Crippen LogP contribution in [-0.4, -0.2) is 34.6 Å². The van der Waals surface area contributed by atoms with Gasteiger partial charge in [0.15, 0.2) is 0 Å². The van der Waals surface area contributed by atoms with Gasteiger partial charge in [-0.25, -0.2) is 4.98 Å². The topological polar surface area (TPSA) is 90.1 Å². The average Bonchev–Trinajstić information content (AvgIpc) is 2.26. The Kier molecular flexibility index (Phi) is 4.39. The van der Waals surface area contributed by atoms with Gasteiger partial charge in [0.2, 0.25) is 0 Å². The lowest BCUT2D eigenvalue weighted by molar-refractivity contribution is -0.00818. The number of hydrogen-bond acceptors (Lipinski definition) is 5. The fourth-order valence-electron chi connectivity index (χ4n) is 1.32. The standard InChI is InChI=1S/C11H18N4O2/c1-4-17-11(2,3)7-14-10(16)8-5-13-6-9(12)15-8/h5-6H,4,7H2,1-3H3,(H2,12,15)(H,14,16). The molecule has 3 N–H and O–H groups in total. The highest BCUT2D eigenvalue weighted by Gasteiger charge is 2.19. The second-order valence-corrected chi connectivity index (χ2v) is 4.20. The van der Waals surface area contributed by atoms with Gasteiger partial charge in [0.1, 0.15) is 11.5 Å². The van der Waals surface area contributed by atoms with Crippen LogP contribution >= 0.6 is 0 Å². The average molecular weight is 238 g/mol. The third kappa shape index (κ3) is 4.36. The minimum Gasteiger partial charge on any atom is -0.382 e. The molecule has 0 atom stereocenters. The number of aromatic nitrogens is 2. The maximum atomic E-state index is 11.7. The lowest BCUT2D eigenvalue weighted by Crippen LogP contribution is -2.40. The van der Waals surface area contributed by atoms with Crippen LogP contribution in [0.2, 0.25) is 0 Å². The lowest BCUT2D eigenvalue weighted by atomic mass is 10.1. The Morgan fingerprint density at radius 1 is 1.53 bits per heavy atom. The van der Waals surface area contributed by atoms with Gasteiger partial charge in [0.25, 0.3) is 5.91 Å². The highest BCUT2D eigenvalue weighted by molar-refractivity contribution is 5.92. The van der Waals surface area contributed by atoms with Crippen molar-refractivity contribution in [2.45, 2.75) is 26.4 Å². The molecule has 0 saturated carbocycles. The molecule has 6 heteroatoms. The van der Waals surface area contributed by atoms with E-state index in [2.05, 4.69) is 15.3 Å². The highest BCUT2D eigenvalue weighted by Crippen LogP contribution is 2.07. The second kappa shape index (κ2) is 5.58. The maximum absolute atomic E-state index is 11.7. The Morgan fingerprint density at radius 2 is 2.24 bits per heavy atom. The third-order valence-corrected chi connectivity index (χ3v) is 2.10. The first-order valence-corrected chi connectivity index (χ1v) is 5.44. The summed E-state index contributed by atoms with van der Waals surface area (Å²) in [5, 5.41) is 2.73. The summed E-state index contributed by atoms with van der Waals surface area (Å²) in [6.45, 7) is 6.72. The molecular weight excluding hydrogens is 220 g/mol. The van der Waals surface area contributed by atoms with Gasteiger partial charge >= 0.3 is 0 Å². The van der Waals surface area contributed by atoms with Crippen molar-refractivity contribution in [3.63, 3.8) is 0 Å². The molecule has 1 heterocycles. The molecule has 17 heavy (non-hydrogen) atoms. The molecule has 0 radical (unpaired) electrons. The van der Waals surface area contributed by atoms with Crippen LogP contribution in [0.15, 0.2) is 12.4 Å². The van der Waals surface area contributed by atoms with Crippen molar-refractivity contribution in [2.24, 2.45) is 0 Å². The van der Waals surface area contributed by atoms with E-state index in [-0.39, 0.29) is 17.4 Å². The molecule has 1 amide bonds. The van der Waals surface area contributed by atoms with Crippen LogP contribution in [0.4, 0.5) is 5.82 Å². The zero-order valence-electron chi connectivity index (χ0n) is 10.4. The predicted molar refractivity (Wildman–Crippen MR) is 64.5 cm³/mol. The van der Waals surface area contributed by atoms with Crippen LogP contribution in [0.25, 0.3) is 0 Å². The second-order valence-electron chi connectivity index (χ2n) is 4.20. The van der Waals surface area contributed by atoms with E-state index in [0.29, 0.717) is 13.2 Å². The lowest BCUT2D eigenvalue weighted by Gasteiger charge is -2.24. The monoisotopic (exact) mass is 238 g/mol. The van der Waals surface area contributed by atoms with Crippen molar-refractivity contribution in [1.82, 2.24) is 15.3 Å². The molecule has 0 saturated heterocycles. The summed E-state index contributed by atoms with van der Waals surface area (Å²) < 4.78 is 5.46. The number of nitrogens with two attached hydrogens (primary N) is 1. The molecule has 6 nitrogen and oxygen atoms in total. The van der Waals surface area contributed by atoms with E-state index in [9.17, 15) is 4.79 Å². The Hall–Kier alpha value is -1.69. The molecular formula is C11H18N4O2. The Labute approximate surface area is 101 Å². The van der Waals surface area contributed by atoms with Crippen molar-refractivity contribution in [3.8, 4) is 0 Å². The SMILES string of the molecule is CCOC(C)(C)CNC(=O)c1cncc(N)n1. The number of rotatable bonds is 5. The minimum atomic E-state index is -0.405. The number of ether oxygens (including phenoxy) is 1. The van der Waals surface area contributed by atoms with E-state index in [4.69, 9.17) is 10.5 Å². The molecule has 0 bridgehead atoms. The van der Waals surface area contributed by atoms with E-state index in [1.807, 2.05) is 20.8 Å². The van der Waals surface area contributed by atoms with E-state index >= 15 is 0 Å². The van der Waals surface area contributed by atoms with Gasteiger partial charge in [-0.05, 0) is 20.8 Å². The molecule has 1 aromatic rings. The van der Waals surface area contributed by atoms with E-state index in [1.165, 1.54) is 12.4 Å². The van der Waals surface area contributed by atoms with Gasteiger partial charge in [0.05, 0.1) is 18.0 Å². The zero-order chi connectivity index (χ0) is 12.9. The highest BCUT2D eigenvalue weighted by atomic mass is 16.5. The molecule has 0 fully saturated rings. The molecule has 94 valence electrons. The van der Waals surface area contributed by atoms with Crippen molar-refractivity contribution in [2.75, 3.05) is 18.9 Å². The van der Waals surface area contributed by atoms with Gasteiger partial charge in [-0.2, -0.15) is 0 Å². The zero-order valence-corrected chi connectivity index (χ0v) is 10.4. The van der Waals surface area contributed by atoms with Crippen LogP contribution in [0.1, 0.15) is 31.3 Å². The Bertz CT molecular complexity index is 393. The molecule has 0 unspecified atom stereocenters. The van der Waals surface area contributed by atoms with Gasteiger partial charge in [-0.3, -0.25) is 9.78 Å². The summed E-state index contributed by atoms with van der Waals surface area (Å²) in [4.78, 5) is 19.4. The summed E-state index contributed by atoms with van der Waals surface area (Å²) in [6, 6.07) is 0. The molecule has 1 rings (SSSR count). The van der Waals surface area contributed by atoms with Gasteiger partial charge < -0.3 is 15.8 Å². The van der Waals surface area contributed by atoms with Crippen molar-refractivity contribution >= 4 is 11.7 Å². The normalized spacial score (nSPS) is 11.2. The summed E-state index contributed by atoms with van der Waals surface area (Å²) in [5.74, 6) is -0.0840. The number of nitrogens with one attached hydrogen (secondary N) is 1. The number of nitrogens with zero attached hydrogens (tertiary/aromatic N) is 2. The smallest absolute Gasteiger partial charge is 0.271 e. The number of hydrogen-bond donors (Lipinski definition) is 2. The molecule has 0 aromatic carbocycles. The minimum absolute atomic E-state index is 0.206. The fourth-order valence-corrected chi connectivity index (χ4v) is 1.32. The Balaban J connectivity index is 2.56. The Morgan fingerprint density at radius 3 is 2.82 bits per heavy atom. The van der Waals surface area contributed by atoms with E-state index < -0.39 is 5.60 Å². The third-order valence-electron chi connectivity index (χ3n) is 2.10. The number of amides is 1. The summed E-state index contributed by atoms with van der Waals surface area (Å²) in [7, 11) is 0. The van der Waals surface area contributed by atoms with Crippen LogP contribution < -0.4 is 11.1 Å². The van der Waals surface area contributed by atoms with Crippen molar-refractivity contribution in [3.05, 3.63) is 18.1 Å². The molecule has 0 aliphatic carbocycles. The molecule has 0 spiro atoms.